The molecule has 1 aromatic heterocycles. The van der Waals surface area contributed by atoms with Crippen LogP contribution in [0.25, 0.3) is 11.1 Å². The molecular weight excluding hydrogens is 251 g/mol. The highest BCUT2D eigenvalue weighted by atomic mass is 35.5. The molecule has 1 atom stereocenters. The third-order valence-electron chi connectivity index (χ3n) is 2.98. The quantitative estimate of drug-likeness (QED) is 0.912. The average Bonchev–Trinajstić information content (AvgIpc) is 2.38. The summed E-state index contributed by atoms with van der Waals surface area (Å²) in [6.07, 6.45) is 2.77. The maximum Gasteiger partial charge on any atom is 0.149 e. The lowest BCUT2D eigenvalue weighted by atomic mass is 10.0. The lowest BCUT2D eigenvalue weighted by molar-refractivity contribution is 0.625. The molecule has 18 heavy (non-hydrogen) atoms. The van der Waals surface area contributed by atoms with Gasteiger partial charge in [-0.05, 0) is 37.2 Å². The highest BCUT2D eigenvalue weighted by Crippen LogP contribution is 2.29. The summed E-state index contributed by atoms with van der Waals surface area (Å²) in [7, 11) is 1.87. The summed E-state index contributed by atoms with van der Waals surface area (Å²) >= 11 is 6.23. The van der Waals surface area contributed by atoms with Crippen molar-refractivity contribution in [3.05, 3.63) is 53.1 Å². The summed E-state index contributed by atoms with van der Waals surface area (Å²) in [6, 6.07) is 7.37. The van der Waals surface area contributed by atoms with Gasteiger partial charge in [-0.3, -0.25) is 4.98 Å². The first-order valence-corrected chi connectivity index (χ1v) is 6.08. The number of aromatic nitrogens is 1. The van der Waals surface area contributed by atoms with Crippen LogP contribution in [0.15, 0.2) is 36.7 Å². The zero-order valence-corrected chi connectivity index (χ0v) is 11.0. The molecule has 0 amide bonds. The highest BCUT2D eigenvalue weighted by Gasteiger charge is 2.10. The maximum absolute atomic E-state index is 13.6. The van der Waals surface area contributed by atoms with Crippen molar-refractivity contribution in [3.8, 4) is 11.1 Å². The Balaban J connectivity index is 2.44. The molecule has 1 unspecified atom stereocenters. The van der Waals surface area contributed by atoms with E-state index < -0.39 is 0 Å². The fourth-order valence-electron chi connectivity index (χ4n) is 1.81. The Morgan fingerprint density at radius 1 is 1.33 bits per heavy atom. The molecule has 0 bridgehead atoms. The van der Waals surface area contributed by atoms with Crippen LogP contribution in [0.5, 0.6) is 0 Å². The van der Waals surface area contributed by atoms with E-state index in [1.807, 2.05) is 26.1 Å². The number of hydrogen-bond donors (Lipinski definition) is 1. The Bertz CT molecular complexity index is 557. The van der Waals surface area contributed by atoms with Gasteiger partial charge in [0.15, 0.2) is 0 Å². The second-order valence-corrected chi connectivity index (χ2v) is 4.51. The lowest BCUT2D eigenvalue weighted by Crippen LogP contribution is -2.12. The predicted molar refractivity (Wildman–Crippen MR) is 72.1 cm³/mol. The van der Waals surface area contributed by atoms with Crippen molar-refractivity contribution in [2.24, 2.45) is 0 Å². The molecule has 2 rings (SSSR count). The first kappa shape index (κ1) is 13.0. The number of benzene rings is 1. The second-order valence-electron chi connectivity index (χ2n) is 4.10. The van der Waals surface area contributed by atoms with Gasteiger partial charge in [0.2, 0.25) is 0 Å². The van der Waals surface area contributed by atoms with Crippen molar-refractivity contribution >= 4 is 11.6 Å². The molecule has 1 heterocycles. The van der Waals surface area contributed by atoms with Gasteiger partial charge in [0.05, 0.1) is 6.20 Å². The highest BCUT2D eigenvalue weighted by molar-refractivity contribution is 6.31. The van der Waals surface area contributed by atoms with Gasteiger partial charge < -0.3 is 5.32 Å². The number of pyridine rings is 1. The number of nitrogens with one attached hydrogen (secondary N) is 1. The molecule has 0 radical (unpaired) electrons. The van der Waals surface area contributed by atoms with Crippen LogP contribution >= 0.6 is 11.6 Å². The zero-order valence-electron chi connectivity index (χ0n) is 10.2. The minimum absolute atomic E-state index is 0.161. The van der Waals surface area contributed by atoms with Crippen LogP contribution < -0.4 is 5.32 Å². The molecule has 2 aromatic rings. The van der Waals surface area contributed by atoms with E-state index in [1.54, 1.807) is 18.3 Å². The van der Waals surface area contributed by atoms with Crippen LogP contribution in [0.2, 0.25) is 5.02 Å². The van der Waals surface area contributed by atoms with Gasteiger partial charge in [-0.25, -0.2) is 4.39 Å². The van der Waals surface area contributed by atoms with E-state index in [9.17, 15) is 4.39 Å². The van der Waals surface area contributed by atoms with E-state index >= 15 is 0 Å². The van der Waals surface area contributed by atoms with Gasteiger partial charge in [-0.2, -0.15) is 0 Å². The minimum atomic E-state index is -0.344. The van der Waals surface area contributed by atoms with E-state index in [1.165, 1.54) is 6.20 Å². The standard InChI is InChI=1S/C14H14ClFN2/c1-9(17-2)11-4-3-10(7-13(11)15)12-5-6-18-8-14(12)16/h3-9,17H,1-2H3. The van der Waals surface area contributed by atoms with Gasteiger partial charge in [-0.15, -0.1) is 0 Å². The molecule has 4 heteroatoms. The molecular formula is C14H14ClFN2. The molecule has 0 aliphatic carbocycles. The number of hydrogen-bond acceptors (Lipinski definition) is 2. The van der Waals surface area contributed by atoms with Gasteiger partial charge in [0.25, 0.3) is 0 Å². The fraction of sp³-hybridized carbons (Fsp3) is 0.214. The van der Waals surface area contributed by atoms with Crippen LogP contribution in [0.3, 0.4) is 0 Å². The molecule has 0 saturated carbocycles. The van der Waals surface area contributed by atoms with E-state index in [4.69, 9.17) is 11.6 Å². The Labute approximate surface area is 111 Å². The molecule has 0 aliphatic rings. The first-order chi connectivity index (χ1) is 8.63. The number of rotatable bonds is 3. The normalized spacial score (nSPS) is 12.4. The summed E-state index contributed by atoms with van der Waals surface area (Å²) in [5, 5.41) is 3.75. The zero-order chi connectivity index (χ0) is 13.1. The molecule has 0 saturated heterocycles. The van der Waals surface area contributed by atoms with Crippen molar-refractivity contribution in [3.63, 3.8) is 0 Å². The summed E-state index contributed by atoms with van der Waals surface area (Å²) in [6.45, 7) is 2.02. The van der Waals surface area contributed by atoms with Crippen LogP contribution in [-0.2, 0) is 0 Å². The lowest BCUT2D eigenvalue weighted by Gasteiger charge is -2.13. The van der Waals surface area contributed by atoms with Gasteiger partial charge in [0, 0.05) is 22.8 Å². The van der Waals surface area contributed by atoms with Crippen molar-refractivity contribution in [2.45, 2.75) is 13.0 Å². The van der Waals surface area contributed by atoms with E-state index in [0.717, 1.165) is 11.1 Å². The summed E-state index contributed by atoms with van der Waals surface area (Å²) in [4.78, 5) is 3.73. The smallest absolute Gasteiger partial charge is 0.149 e. The number of halogens is 2. The van der Waals surface area contributed by atoms with Crippen molar-refractivity contribution < 1.29 is 4.39 Å². The molecule has 2 nitrogen and oxygen atoms in total. The summed E-state index contributed by atoms with van der Waals surface area (Å²) in [5.74, 6) is -0.344. The Morgan fingerprint density at radius 3 is 2.72 bits per heavy atom. The third kappa shape index (κ3) is 2.52. The minimum Gasteiger partial charge on any atom is -0.313 e. The SMILES string of the molecule is CNC(C)c1ccc(-c2ccncc2F)cc1Cl. The Morgan fingerprint density at radius 2 is 2.11 bits per heavy atom. The monoisotopic (exact) mass is 264 g/mol. The summed E-state index contributed by atoms with van der Waals surface area (Å²) in [5.41, 5.74) is 2.26. The fourth-order valence-corrected chi connectivity index (χ4v) is 2.15. The molecule has 1 aromatic carbocycles. The van der Waals surface area contributed by atoms with Crippen molar-refractivity contribution in [1.29, 1.82) is 0 Å². The largest absolute Gasteiger partial charge is 0.313 e. The predicted octanol–water partition coefficient (Wildman–Crippen LogP) is 3.82. The maximum atomic E-state index is 13.6. The van der Waals surface area contributed by atoms with Crippen LogP contribution in [-0.4, -0.2) is 12.0 Å². The summed E-state index contributed by atoms with van der Waals surface area (Å²) < 4.78 is 13.6. The van der Waals surface area contributed by atoms with E-state index in [2.05, 4.69) is 10.3 Å². The van der Waals surface area contributed by atoms with E-state index in [0.29, 0.717) is 10.6 Å². The Hall–Kier alpha value is -1.45. The van der Waals surface area contributed by atoms with Crippen molar-refractivity contribution in [2.75, 3.05) is 7.05 Å². The second kappa shape index (κ2) is 5.46. The van der Waals surface area contributed by atoms with Crippen LogP contribution in [0, 0.1) is 5.82 Å². The Kier molecular flexibility index (Phi) is 3.94. The first-order valence-electron chi connectivity index (χ1n) is 5.70. The van der Waals surface area contributed by atoms with Gasteiger partial charge >= 0.3 is 0 Å². The molecule has 0 aliphatic heterocycles. The van der Waals surface area contributed by atoms with Crippen LogP contribution in [0.1, 0.15) is 18.5 Å². The molecule has 0 spiro atoms. The van der Waals surface area contributed by atoms with Crippen molar-refractivity contribution in [1.82, 2.24) is 10.3 Å². The molecule has 0 fully saturated rings. The van der Waals surface area contributed by atoms with Crippen LogP contribution in [0.4, 0.5) is 4.39 Å². The topological polar surface area (TPSA) is 24.9 Å². The van der Waals surface area contributed by atoms with E-state index in [-0.39, 0.29) is 11.9 Å². The average molecular weight is 265 g/mol. The van der Waals surface area contributed by atoms with Gasteiger partial charge in [0.1, 0.15) is 5.82 Å². The number of nitrogens with zero attached hydrogens (tertiary/aromatic N) is 1. The van der Waals surface area contributed by atoms with Gasteiger partial charge in [-0.1, -0.05) is 23.7 Å². The third-order valence-corrected chi connectivity index (χ3v) is 3.31. The molecule has 94 valence electrons. The molecule has 1 N–H and O–H groups in total.